The Bertz CT molecular complexity index is 907. The van der Waals surface area contributed by atoms with E-state index >= 15 is 0 Å². The Labute approximate surface area is 164 Å². The van der Waals surface area contributed by atoms with Gasteiger partial charge in [0.15, 0.2) is 6.61 Å². The Hall–Kier alpha value is -3.01. The number of primary amides is 1. The number of anilines is 1. The summed E-state index contributed by atoms with van der Waals surface area (Å²) in [6.45, 7) is 1.34. The summed E-state index contributed by atoms with van der Waals surface area (Å²) in [6, 6.07) is 5.10. The molecule has 2 amide bonds. The molecule has 2 aromatic rings. The van der Waals surface area contributed by atoms with E-state index in [4.69, 9.17) is 10.5 Å². The van der Waals surface area contributed by atoms with Gasteiger partial charge < -0.3 is 19.9 Å². The van der Waals surface area contributed by atoms with E-state index < -0.39 is 30.2 Å². The average Bonchev–Trinajstić information content (AvgIpc) is 2.97. The van der Waals surface area contributed by atoms with E-state index in [0.29, 0.717) is 5.69 Å². The lowest BCUT2D eigenvalue weighted by molar-refractivity contribution is -0.148. The first-order valence-electron chi connectivity index (χ1n) is 8.42. The van der Waals surface area contributed by atoms with Crippen molar-refractivity contribution in [1.29, 1.82) is 0 Å². The number of amides is 2. The van der Waals surface area contributed by atoms with Crippen molar-refractivity contribution in [3.05, 3.63) is 50.8 Å². The van der Waals surface area contributed by atoms with Crippen LogP contribution in [0.15, 0.2) is 34.4 Å². The van der Waals surface area contributed by atoms with Crippen molar-refractivity contribution in [3.63, 3.8) is 0 Å². The molecule has 28 heavy (non-hydrogen) atoms. The Balaban J connectivity index is 1.94. The lowest BCUT2D eigenvalue weighted by atomic mass is 10.2. The van der Waals surface area contributed by atoms with E-state index in [2.05, 4.69) is 0 Å². The normalized spacial score (nSPS) is 10.5. The van der Waals surface area contributed by atoms with Crippen LogP contribution in [0.5, 0.6) is 0 Å². The van der Waals surface area contributed by atoms with Crippen LogP contribution < -0.4 is 15.5 Å². The molecule has 10 heteroatoms. The van der Waals surface area contributed by atoms with E-state index in [1.807, 2.05) is 0 Å². The van der Waals surface area contributed by atoms with Crippen LogP contribution in [0.3, 0.4) is 0 Å². The summed E-state index contributed by atoms with van der Waals surface area (Å²) in [5.74, 6) is -2.30. The first-order chi connectivity index (χ1) is 13.3. The van der Waals surface area contributed by atoms with E-state index in [0.717, 1.165) is 17.0 Å². The molecule has 0 radical (unpaired) electrons. The Kier molecular flexibility index (Phi) is 7.44. The predicted molar refractivity (Wildman–Crippen MR) is 101 cm³/mol. The number of hydrogen-bond donors (Lipinski definition) is 1. The third-order valence-electron chi connectivity index (χ3n) is 3.89. The van der Waals surface area contributed by atoms with Gasteiger partial charge in [-0.1, -0.05) is 11.3 Å². The molecule has 0 fully saturated rings. The van der Waals surface area contributed by atoms with Crippen molar-refractivity contribution in [2.75, 3.05) is 18.1 Å². The van der Waals surface area contributed by atoms with Crippen LogP contribution >= 0.6 is 11.3 Å². The minimum atomic E-state index is -0.639. The van der Waals surface area contributed by atoms with Crippen LogP contribution in [-0.2, 0) is 25.7 Å². The maximum Gasteiger partial charge on any atom is 0.308 e. The molecule has 2 N–H and O–H groups in total. The number of benzene rings is 1. The van der Waals surface area contributed by atoms with Crippen LogP contribution in [0.4, 0.5) is 10.1 Å². The van der Waals surface area contributed by atoms with Gasteiger partial charge in [0.1, 0.15) is 5.82 Å². The minimum Gasteiger partial charge on any atom is -0.455 e. The third-order valence-corrected chi connectivity index (χ3v) is 4.77. The highest BCUT2D eigenvalue weighted by Gasteiger charge is 2.19. The van der Waals surface area contributed by atoms with Gasteiger partial charge >= 0.3 is 10.8 Å². The molecule has 2 rings (SSSR count). The maximum atomic E-state index is 13.1. The smallest absolute Gasteiger partial charge is 0.308 e. The van der Waals surface area contributed by atoms with E-state index in [-0.39, 0.29) is 30.8 Å². The van der Waals surface area contributed by atoms with Crippen molar-refractivity contribution in [1.82, 2.24) is 4.57 Å². The molecule has 8 nitrogen and oxygen atoms in total. The van der Waals surface area contributed by atoms with Crippen LogP contribution in [0.2, 0.25) is 0 Å². The van der Waals surface area contributed by atoms with Gasteiger partial charge in [-0.2, -0.15) is 0 Å². The lowest BCUT2D eigenvalue weighted by Gasteiger charge is -2.22. The monoisotopic (exact) mass is 409 g/mol. The number of aromatic nitrogens is 1. The Morgan fingerprint density at radius 2 is 1.89 bits per heavy atom. The van der Waals surface area contributed by atoms with Gasteiger partial charge in [0, 0.05) is 36.3 Å². The van der Waals surface area contributed by atoms with Gasteiger partial charge in [-0.25, -0.2) is 4.39 Å². The number of carbonyl (C=O) groups excluding carboxylic acids is 3. The molecule has 0 aliphatic carbocycles. The molecule has 0 aliphatic heterocycles. The zero-order valence-corrected chi connectivity index (χ0v) is 16.0. The second-order valence-corrected chi connectivity index (χ2v) is 6.76. The quantitative estimate of drug-likeness (QED) is 0.626. The zero-order chi connectivity index (χ0) is 20.7. The number of ether oxygens (including phenoxy) is 1. The number of aryl methyl sites for hydroxylation is 1. The van der Waals surface area contributed by atoms with Crippen molar-refractivity contribution in [3.8, 4) is 0 Å². The fraction of sp³-hybridized carbons (Fsp3) is 0.333. The molecule has 150 valence electrons. The van der Waals surface area contributed by atoms with Crippen LogP contribution in [0, 0.1) is 12.7 Å². The SMILES string of the molecule is Cc1csc(=O)n1CCC(=O)OCC(=O)N(CCC(N)=O)c1ccc(F)cc1. The van der Waals surface area contributed by atoms with Gasteiger partial charge in [-0.15, -0.1) is 0 Å². The number of nitrogens with zero attached hydrogens (tertiary/aromatic N) is 2. The van der Waals surface area contributed by atoms with Crippen molar-refractivity contribution < 1.29 is 23.5 Å². The maximum absolute atomic E-state index is 13.1. The standard InChI is InChI=1S/C18H20FN3O5S/c1-12-11-28-18(26)21(12)9-7-17(25)27-10-16(24)22(8-6-15(20)23)14-4-2-13(19)3-5-14/h2-5,11H,6-10H2,1H3,(H2,20,23). The summed E-state index contributed by atoms with van der Waals surface area (Å²) in [4.78, 5) is 48.0. The largest absolute Gasteiger partial charge is 0.455 e. The first-order valence-corrected chi connectivity index (χ1v) is 9.30. The molecule has 0 aliphatic rings. The van der Waals surface area contributed by atoms with Crippen LogP contribution in [0.1, 0.15) is 18.5 Å². The van der Waals surface area contributed by atoms with Gasteiger partial charge in [-0.05, 0) is 31.2 Å². The van der Waals surface area contributed by atoms with Crippen molar-refractivity contribution in [2.24, 2.45) is 5.73 Å². The molecular formula is C18H20FN3O5S. The van der Waals surface area contributed by atoms with Crippen molar-refractivity contribution in [2.45, 2.75) is 26.3 Å². The molecular weight excluding hydrogens is 389 g/mol. The highest BCUT2D eigenvalue weighted by atomic mass is 32.1. The Morgan fingerprint density at radius 3 is 2.46 bits per heavy atom. The number of thiazole rings is 1. The molecule has 1 aromatic heterocycles. The minimum absolute atomic E-state index is 0.0269. The van der Waals surface area contributed by atoms with E-state index in [1.165, 1.54) is 33.7 Å². The molecule has 0 unspecified atom stereocenters. The summed E-state index contributed by atoms with van der Waals surface area (Å²) in [5.41, 5.74) is 6.22. The fourth-order valence-corrected chi connectivity index (χ4v) is 3.17. The predicted octanol–water partition coefficient (Wildman–Crippen LogP) is 1.20. The summed E-state index contributed by atoms with van der Waals surface area (Å²) in [7, 11) is 0. The molecule has 0 spiro atoms. The number of carbonyl (C=O) groups is 3. The summed E-state index contributed by atoms with van der Waals surface area (Å²) < 4.78 is 19.5. The highest BCUT2D eigenvalue weighted by Crippen LogP contribution is 2.16. The number of esters is 1. The molecule has 1 heterocycles. The second kappa shape index (κ2) is 9.79. The number of nitrogens with two attached hydrogens (primary N) is 1. The zero-order valence-electron chi connectivity index (χ0n) is 15.2. The summed E-state index contributed by atoms with van der Waals surface area (Å²) in [5, 5.41) is 1.69. The molecule has 0 saturated heterocycles. The number of halogens is 1. The highest BCUT2D eigenvalue weighted by molar-refractivity contribution is 7.07. The van der Waals surface area contributed by atoms with E-state index in [1.54, 1.807) is 12.3 Å². The number of hydrogen-bond acceptors (Lipinski definition) is 6. The Morgan fingerprint density at radius 1 is 1.21 bits per heavy atom. The lowest BCUT2D eigenvalue weighted by Crippen LogP contribution is -2.37. The third kappa shape index (κ3) is 6.02. The summed E-state index contributed by atoms with van der Waals surface area (Å²) in [6.07, 6.45) is -0.167. The summed E-state index contributed by atoms with van der Waals surface area (Å²) >= 11 is 1.04. The molecule has 0 saturated carbocycles. The first kappa shape index (κ1) is 21.3. The molecule has 0 bridgehead atoms. The number of rotatable bonds is 9. The fourth-order valence-electron chi connectivity index (χ4n) is 2.41. The van der Waals surface area contributed by atoms with Crippen molar-refractivity contribution >= 4 is 34.8 Å². The molecule has 1 aromatic carbocycles. The van der Waals surface area contributed by atoms with Gasteiger partial charge in [0.05, 0.1) is 6.42 Å². The van der Waals surface area contributed by atoms with Crippen LogP contribution in [-0.4, -0.2) is 35.5 Å². The van der Waals surface area contributed by atoms with E-state index in [9.17, 15) is 23.6 Å². The van der Waals surface area contributed by atoms with Gasteiger partial charge in [-0.3, -0.25) is 19.2 Å². The van der Waals surface area contributed by atoms with Gasteiger partial charge in [0.25, 0.3) is 5.91 Å². The topological polar surface area (TPSA) is 112 Å². The molecule has 0 atom stereocenters. The second-order valence-electron chi connectivity index (χ2n) is 5.94. The van der Waals surface area contributed by atoms with Crippen LogP contribution in [0.25, 0.3) is 0 Å². The average molecular weight is 409 g/mol. The van der Waals surface area contributed by atoms with Gasteiger partial charge in [0.2, 0.25) is 5.91 Å².